The molecular formula is C13H14ClNO5. The van der Waals surface area contributed by atoms with Crippen molar-refractivity contribution in [1.29, 1.82) is 0 Å². The molecule has 0 saturated heterocycles. The Balaban J connectivity index is 2.60. The molecule has 6 nitrogen and oxygen atoms in total. The van der Waals surface area contributed by atoms with Crippen LogP contribution in [0.4, 0.5) is 0 Å². The van der Waals surface area contributed by atoms with Crippen molar-refractivity contribution in [2.75, 3.05) is 0 Å². The van der Waals surface area contributed by atoms with Gasteiger partial charge in [0, 0.05) is 17.0 Å². The normalized spacial score (nSPS) is 11.7. The Kier molecular flexibility index (Phi) is 5.99. The smallest absolute Gasteiger partial charge is 0.326 e. The molecule has 0 fully saturated rings. The predicted octanol–water partition coefficient (Wildman–Crippen LogP) is 1.78. The monoisotopic (exact) mass is 299 g/mol. The van der Waals surface area contributed by atoms with Gasteiger partial charge in [0.1, 0.15) is 6.04 Å². The number of amides is 1. The molecule has 0 spiro atoms. The van der Waals surface area contributed by atoms with Crippen LogP contribution in [0.5, 0.6) is 0 Å². The number of nitrogens with one attached hydrogen (secondary N) is 1. The first kappa shape index (κ1) is 16.0. The van der Waals surface area contributed by atoms with Crippen molar-refractivity contribution >= 4 is 29.4 Å². The summed E-state index contributed by atoms with van der Waals surface area (Å²) in [7, 11) is 0. The summed E-state index contributed by atoms with van der Waals surface area (Å²) < 4.78 is 0. The SMILES string of the molecule is O=C(O)CCC[C@@H](NC(=O)c1ccc(Cl)cc1)C(=O)O. The lowest BCUT2D eigenvalue weighted by Gasteiger charge is -2.14. The van der Waals surface area contributed by atoms with E-state index in [2.05, 4.69) is 5.32 Å². The van der Waals surface area contributed by atoms with Gasteiger partial charge in [0.15, 0.2) is 0 Å². The van der Waals surface area contributed by atoms with Crippen LogP contribution in [-0.4, -0.2) is 34.1 Å². The van der Waals surface area contributed by atoms with Gasteiger partial charge in [0.25, 0.3) is 5.91 Å². The van der Waals surface area contributed by atoms with Gasteiger partial charge in [-0.25, -0.2) is 4.79 Å². The molecule has 20 heavy (non-hydrogen) atoms. The molecule has 0 heterocycles. The summed E-state index contributed by atoms with van der Waals surface area (Å²) in [5.41, 5.74) is 0.291. The number of rotatable bonds is 7. The highest BCUT2D eigenvalue weighted by atomic mass is 35.5. The Labute approximate surface area is 120 Å². The summed E-state index contributed by atoms with van der Waals surface area (Å²) in [6, 6.07) is 4.90. The maximum Gasteiger partial charge on any atom is 0.326 e. The van der Waals surface area contributed by atoms with Crippen LogP contribution in [0, 0.1) is 0 Å². The minimum atomic E-state index is -1.20. The van der Waals surface area contributed by atoms with Gasteiger partial charge in [0.2, 0.25) is 0 Å². The van der Waals surface area contributed by atoms with Crippen molar-refractivity contribution in [2.24, 2.45) is 0 Å². The molecule has 3 N–H and O–H groups in total. The zero-order valence-electron chi connectivity index (χ0n) is 10.5. The quantitative estimate of drug-likeness (QED) is 0.712. The minimum absolute atomic E-state index is 0.0565. The van der Waals surface area contributed by atoms with Gasteiger partial charge < -0.3 is 15.5 Å². The molecule has 0 bridgehead atoms. The molecule has 0 aliphatic rings. The fraction of sp³-hybridized carbons (Fsp3) is 0.308. The molecule has 1 aromatic carbocycles. The summed E-state index contributed by atoms with van der Waals surface area (Å²) in [6.45, 7) is 0. The fourth-order valence-electron chi connectivity index (χ4n) is 1.56. The van der Waals surface area contributed by atoms with Gasteiger partial charge in [-0.05, 0) is 37.1 Å². The number of carboxylic acid groups (broad SMARTS) is 2. The topological polar surface area (TPSA) is 104 Å². The molecule has 0 aliphatic carbocycles. The Bertz CT molecular complexity index is 500. The lowest BCUT2D eigenvalue weighted by molar-refractivity contribution is -0.140. The molecule has 1 atom stereocenters. The number of carbonyl (C=O) groups is 3. The summed E-state index contributed by atoms with van der Waals surface area (Å²) >= 11 is 5.69. The Morgan fingerprint density at radius 1 is 1.15 bits per heavy atom. The molecule has 7 heteroatoms. The molecule has 0 unspecified atom stereocenters. The Morgan fingerprint density at radius 3 is 2.25 bits per heavy atom. The lowest BCUT2D eigenvalue weighted by Crippen LogP contribution is -2.40. The number of carboxylic acids is 2. The van der Waals surface area contributed by atoms with Gasteiger partial charge in [-0.1, -0.05) is 11.6 Å². The van der Waals surface area contributed by atoms with Crippen molar-refractivity contribution in [3.8, 4) is 0 Å². The van der Waals surface area contributed by atoms with E-state index in [0.29, 0.717) is 10.6 Å². The average Bonchev–Trinajstić information content (AvgIpc) is 2.37. The average molecular weight is 300 g/mol. The van der Waals surface area contributed by atoms with Crippen LogP contribution in [0.2, 0.25) is 5.02 Å². The maximum absolute atomic E-state index is 11.8. The van der Waals surface area contributed by atoms with Gasteiger partial charge in [-0.15, -0.1) is 0 Å². The van der Waals surface area contributed by atoms with Gasteiger partial charge in [-0.2, -0.15) is 0 Å². The van der Waals surface area contributed by atoms with E-state index >= 15 is 0 Å². The zero-order chi connectivity index (χ0) is 15.1. The third kappa shape index (κ3) is 5.27. The number of hydrogen-bond donors (Lipinski definition) is 3. The summed E-state index contributed by atoms with van der Waals surface area (Å²) in [4.78, 5) is 33.2. The van der Waals surface area contributed by atoms with Gasteiger partial charge >= 0.3 is 11.9 Å². The second-order valence-corrected chi connectivity index (χ2v) is 4.59. The standard InChI is InChI=1S/C13H14ClNO5/c14-9-6-4-8(5-7-9)12(18)15-10(13(19)20)2-1-3-11(16)17/h4-7,10H,1-3H2,(H,15,18)(H,16,17)(H,19,20)/t10-/m1/s1. The lowest BCUT2D eigenvalue weighted by atomic mass is 10.1. The van der Waals surface area contributed by atoms with Crippen LogP contribution in [0.3, 0.4) is 0 Å². The number of benzene rings is 1. The minimum Gasteiger partial charge on any atom is -0.481 e. The Morgan fingerprint density at radius 2 is 1.75 bits per heavy atom. The molecule has 0 aromatic heterocycles. The first-order chi connectivity index (χ1) is 9.40. The summed E-state index contributed by atoms with van der Waals surface area (Å²) in [5, 5.41) is 20.3. The van der Waals surface area contributed by atoms with Crippen LogP contribution in [0.25, 0.3) is 0 Å². The van der Waals surface area contributed by atoms with E-state index in [1.165, 1.54) is 24.3 Å². The third-order valence-corrected chi connectivity index (χ3v) is 2.85. The first-order valence-electron chi connectivity index (χ1n) is 5.91. The highest BCUT2D eigenvalue weighted by molar-refractivity contribution is 6.30. The number of carbonyl (C=O) groups excluding carboxylic acids is 1. The highest BCUT2D eigenvalue weighted by Crippen LogP contribution is 2.10. The zero-order valence-corrected chi connectivity index (χ0v) is 11.3. The van der Waals surface area contributed by atoms with E-state index < -0.39 is 23.9 Å². The van der Waals surface area contributed by atoms with Crippen molar-refractivity contribution in [3.63, 3.8) is 0 Å². The van der Waals surface area contributed by atoms with Crippen molar-refractivity contribution in [3.05, 3.63) is 34.9 Å². The second-order valence-electron chi connectivity index (χ2n) is 4.16. The largest absolute Gasteiger partial charge is 0.481 e. The summed E-state index contributed by atoms with van der Waals surface area (Å²) in [6.07, 6.45) is 0.0920. The van der Waals surface area contributed by atoms with Crippen LogP contribution in [-0.2, 0) is 9.59 Å². The second kappa shape index (κ2) is 7.49. The Hall–Kier alpha value is -2.08. The number of aliphatic carboxylic acids is 2. The molecule has 1 amide bonds. The van der Waals surface area contributed by atoms with Crippen molar-refractivity contribution in [2.45, 2.75) is 25.3 Å². The van der Waals surface area contributed by atoms with Crippen molar-refractivity contribution in [1.82, 2.24) is 5.32 Å². The van der Waals surface area contributed by atoms with Gasteiger partial charge in [0.05, 0.1) is 0 Å². The van der Waals surface area contributed by atoms with E-state index in [0.717, 1.165) is 0 Å². The molecule has 0 saturated carbocycles. The van der Waals surface area contributed by atoms with Crippen LogP contribution in [0.1, 0.15) is 29.6 Å². The number of hydrogen-bond acceptors (Lipinski definition) is 3. The highest BCUT2D eigenvalue weighted by Gasteiger charge is 2.20. The molecule has 1 aromatic rings. The van der Waals surface area contributed by atoms with E-state index in [-0.39, 0.29) is 19.3 Å². The molecular weight excluding hydrogens is 286 g/mol. The third-order valence-electron chi connectivity index (χ3n) is 2.59. The van der Waals surface area contributed by atoms with Crippen molar-refractivity contribution < 1.29 is 24.6 Å². The van der Waals surface area contributed by atoms with Crippen LogP contribution < -0.4 is 5.32 Å². The van der Waals surface area contributed by atoms with E-state index in [1.807, 2.05) is 0 Å². The van der Waals surface area contributed by atoms with E-state index in [9.17, 15) is 14.4 Å². The van der Waals surface area contributed by atoms with E-state index in [1.54, 1.807) is 0 Å². The molecule has 108 valence electrons. The predicted molar refractivity (Wildman–Crippen MR) is 71.8 cm³/mol. The molecule has 0 aliphatic heterocycles. The van der Waals surface area contributed by atoms with Crippen LogP contribution >= 0.6 is 11.6 Å². The van der Waals surface area contributed by atoms with Gasteiger partial charge in [-0.3, -0.25) is 9.59 Å². The molecule has 1 rings (SSSR count). The first-order valence-corrected chi connectivity index (χ1v) is 6.29. The molecule has 0 radical (unpaired) electrons. The fourth-order valence-corrected chi connectivity index (χ4v) is 1.68. The summed E-state index contributed by atoms with van der Waals surface area (Å²) in [5.74, 6) is -2.74. The maximum atomic E-state index is 11.8. The number of halogens is 1. The van der Waals surface area contributed by atoms with E-state index in [4.69, 9.17) is 21.8 Å². The van der Waals surface area contributed by atoms with Crippen LogP contribution in [0.15, 0.2) is 24.3 Å².